The van der Waals surface area contributed by atoms with Gasteiger partial charge >= 0.3 is 0 Å². The summed E-state index contributed by atoms with van der Waals surface area (Å²) in [4.78, 5) is 5.53. The molecule has 1 aromatic carbocycles. The molecule has 0 unspecified atom stereocenters. The van der Waals surface area contributed by atoms with Crippen LogP contribution in [0.3, 0.4) is 0 Å². The van der Waals surface area contributed by atoms with Crippen LogP contribution in [0.1, 0.15) is 12.8 Å². The molecule has 0 amide bonds. The third-order valence-corrected chi connectivity index (χ3v) is 3.14. The first kappa shape index (κ1) is 12.1. The highest BCUT2D eigenvalue weighted by molar-refractivity contribution is 7.99. The highest BCUT2D eigenvalue weighted by Gasteiger charge is 2.07. The van der Waals surface area contributed by atoms with E-state index in [1.807, 2.05) is 23.9 Å². The fourth-order valence-electron chi connectivity index (χ4n) is 1.46. The third-order valence-electron chi connectivity index (χ3n) is 2.25. The van der Waals surface area contributed by atoms with Gasteiger partial charge < -0.3 is 10.3 Å². The first-order chi connectivity index (χ1) is 8.33. The molecule has 17 heavy (non-hydrogen) atoms. The normalized spacial score (nSPS) is 10.7. The molecule has 2 aromatic rings. The van der Waals surface area contributed by atoms with E-state index in [4.69, 9.17) is 10.3 Å². The lowest BCUT2D eigenvalue weighted by atomic mass is 10.2. The minimum absolute atomic E-state index is 0.522. The molecule has 2 N–H and O–H groups in total. The lowest BCUT2D eigenvalue weighted by molar-refractivity contribution is 0.380. The van der Waals surface area contributed by atoms with E-state index < -0.39 is 0 Å². The van der Waals surface area contributed by atoms with Crippen LogP contribution in [0.5, 0.6) is 0 Å². The van der Waals surface area contributed by atoms with Gasteiger partial charge in [-0.3, -0.25) is 0 Å². The number of aromatic nitrogens is 2. The summed E-state index contributed by atoms with van der Waals surface area (Å²) < 4.78 is 5.09. The monoisotopic (exact) mass is 249 g/mol. The molecule has 0 radical (unpaired) electrons. The Kier molecular flexibility index (Phi) is 4.17. The van der Waals surface area contributed by atoms with Crippen molar-refractivity contribution in [1.29, 1.82) is 0 Å². The van der Waals surface area contributed by atoms with Gasteiger partial charge in [0, 0.05) is 23.4 Å². The van der Waals surface area contributed by atoms with Crippen molar-refractivity contribution in [2.45, 2.75) is 18.2 Å². The maximum atomic E-state index is 5.43. The number of benzene rings is 1. The van der Waals surface area contributed by atoms with E-state index >= 15 is 0 Å². The van der Waals surface area contributed by atoms with Crippen LogP contribution >= 0.6 is 11.8 Å². The van der Waals surface area contributed by atoms with Crippen molar-refractivity contribution >= 4 is 11.8 Å². The highest BCUT2D eigenvalue weighted by atomic mass is 32.2. The molecule has 0 saturated heterocycles. The van der Waals surface area contributed by atoms with Crippen molar-refractivity contribution in [3.05, 3.63) is 30.2 Å². The Bertz CT molecular complexity index is 467. The second-order valence-electron chi connectivity index (χ2n) is 3.51. The summed E-state index contributed by atoms with van der Waals surface area (Å²) in [6, 6.07) is 8.16. The van der Waals surface area contributed by atoms with Crippen LogP contribution in [0.2, 0.25) is 0 Å². The molecule has 1 heterocycles. The summed E-state index contributed by atoms with van der Waals surface area (Å²) in [5.41, 5.74) is 6.40. The standard InChI is InChI=1S/C12H15N3OS/c1-2-17-10-5-3-9(4-6-10)12-14-11(7-8-13)16-15-12/h3-6H,2,7-8,13H2,1H3. The van der Waals surface area contributed by atoms with E-state index in [9.17, 15) is 0 Å². The Morgan fingerprint density at radius 3 is 2.71 bits per heavy atom. The number of nitrogens with zero attached hydrogens (tertiary/aromatic N) is 2. The Labute approximate surface area is 105 Å². The second kappa shape index (κ2) is 5.84. The molecule has 4 nitrogen and oxygen atoms in total. The zero-order chi connectivity index (χ0) is 12.1. The van der Waals surface area contributed by atoms with Crippen molar-refractivity contribution in [1.82, 2.24) is 10.1 Å². The summed E-state index contributed by atoms with van der Waals surface area (Å²) in [5.74, 6) is 2.29. The Morgan fingerprint density at radius 2 is 2.06 bits per heavy atom. The average molecular weight is 249 g/mol. The smallest absolute Gasteiger partial charge is 0.228 e. The van der Waals surface area contributed by atoms with Crippen LogP contribution in [-0.2, 0) is 6.42 Å². The van der Waals surface area contributed by atoms with Crippen molar-refractivity contribution < 1.29 is 4.52 Å². The highest BCUT2D eigenvalue weighted by Crippen LogP contribution is 2.22. The van der Waals surface area contributed by atoms with Gasteiger partial charge in [-0.2, -0.15) is 4.98 Å². The number of rotatable bonds is 5. The largest absolute Gasteiger partial charge is 0.339 e. The molecule has 1 aromatic heterocycles. The summed E-state index contributed by atoms with van der Waals surface area (Å²) in [6.45, 7) is 2.66. The lowest BCUT2D eigenvalue weighted by Gasteiger charge is -1.98. The molecule has 0 bridgehead atoms. The number of hydrogen-bond donors (Lipinski definition) is 1. The Balaban J connectivity index is 2.15. The van der Waals surface area contributed by atoms with Gasteiger partial charge in [0.25, 0.3) is 0 Å². The van der Waals surface area contributed by atoms with Crippen molar-refractivity contribution in [2.75, 3.05) is 12.3 Å². The maximum Gasteiger partial charge on any atom is 0.228 e. The average Bonchev–Trinajstić information content (AvgIpc) is 2.80. The number of nitrogens with two attached hydrogens (primary N) is 1. The molecule has 90 valence electrons. The van der Waals surface area contributed by atoms with Crippen molar-refractivity contribution in [3.63, 3.8) is 0 Å². The van der Waals surface area contributed by atoms with Gasteiger partial charge in [0.15, 0.2) is 0 Å². The fraction of sp³-hybridized carbons (Fsp3) is 0.333. The zero-order valence-electron chi connectivity index (χ0n) is 9.72. The van der Waals surface area contributed by atoms with Crippen LogP contribution in [0, 0.1) is 0 Å². The molecule has 0 fully saturated rings. The van der Waals surface area contributed by atoms with E-state index in [2.05, 4.69) is 29.2 Å². The molecule has 5 heteroatoms. The van der Waals surface area contributed by atoms with Crippen LogP contribution in [0.4, 0.5) is 0 Å². The number of thioether (sulfide) groups is 1. The van der Waals surface area contributed by atoms with E-state index in [1.54, 1.807) is 0 Å². The predicted octanol–water partition coefficient (Wildman–Crippen LogP) is 2.35. The van der Waals surface area contributed by atoms with Gasteiger partial charge in [-0.25, -0.2) is 0 Å². The maximum absolute atomic E-state index is 5.43. The van der Waals surface area contributed by atoms with Crippen LogP contribution < -0.4 is 5.73 Å². The van der Waals surface area contributed by atoms with Crippen molar-refractivity contribution in [3.8, 4) is 11.4 Å². The van der Waals surface area contributed by atoms with E-state index in [0.717, 1.165) is 11.3 Å². The molecule has 0 aliphatic rings. The molecule has 0 aliphatic heterocycles. The van der Waals surface area contributed by atoms with Gasteiger partial charge in [0.2, 0.25) is 11.7 Å². The van der Waals surface area contributed by atoms with Gasteiger partial charge in [0.1, 0.15) is 0 Å². The molecule has 0 aliphatic carbocycles. The minimum Gasteiger partial charge on any atom is -0.339 e. The number of hydrogen-bond acceptors (Lipinski definition) is 5. The third kappa shape index (κ3) is 3.08. The van der Waals surface area contributed by atoms with E-state index in [1.165, 1.54) is 4.90 Å². The topological polar surface area (TPSA) is 64.9 Å². The Morgan fingerprint density at radius 1 is 1.29 bits per heavy atom. The van der Waals surface area contributed by atoms with E-state index in [0.29, 0.717) is 24.7 Å². The molecule has 2 rings (SSSR count). The van der Waals surface area contributed by atoms with Crippen LogP contribution in [0.25, 0.3) is 11.4 Å². The molecule has 0 saturated carbocycles. The first-order valence-corrected chi connectivity index (χ1v) is 6.58. The fourth-order valence-corrected chi connectivity index (χ4v) is 2.13. The quantitative estimate of drug-likeness (QED) is 0.824. The molecule has 0 spiro atoms. The molecule has 0 atom stereocenters. The molecular formula is C12H15N3OS. The van der Waals surface area contributed by atoms with Crippen molar-refractivity contribution in [2.24, 2.45) is 5.73 Å². The van der Waals surface area contributed by atoms with Crippen LogP contribution in [-0.4, -0.2) is 22.4 Å². The second-order valence-corrected chi connectivity index (χ2v) is 4.85. The van der Waals surface area contributed by atoms with E-state index in [-0.39, 0.29) is 0 Å². The minimum atomic E-state index is 0.522. The predicted molar refractivity (Wildman–Crippen MR) is 68.9 cm³/mol. The van der Waals surface area contributed by atoms with Crippen LogP contribution in [0.15, 0.2) is 33.7 Å². The Hall–Kier alpha value is -1.33. The SMILES string of the molecule is CCSc1ccc(-c2noc(CCN)n2)cc1. The molecular weight excluding hydrogens is 234 g/mol. The summed E-state index contributed by atoms with van der Waals surface area (Å²) in [7, 11) is 0. The lowest BCUT2D eigenvalue weighted by Crippen LogP contribution is -2.02. The zero-order valence-corrected chi connectivity index (χ0v) is 10.5. The van der Waals surface area contributed by atoms with Gasteiger partial charge in [-0.1, -0.05) is 12.1 Å². The first-order valence-electron chi connectivity index (χ1n) is 5.59. The summed E-state index contributed by atoms with van der Waals surface area (Å²) >= 11 is 1.81. The van der Waals surface area contributed by atoms with Gasteiger partial charge in [0.05, 0.1) is 0 Å². The van der Waals surface area contributed by atoms with Gasteiger partial charge in [-0.05, 0) is 30.0 Å². The summed E-state index contributed by atoms with van der Waals surface area (Å²) in [5, 5.41) is 3.93. The van der Waals surface area contributed by atoms with Gasteiger partial charge in [-0.15, -0.1) is 11.8 Å². The summed E-state index contributed by atoms with van der Waals surface area (Å²) in [6.07, 6.45) is 0.622.